The van der Waals surface area contributed by atoms with Gasteiger partial charge >= 0.3 is 0 Å². The second kappa shape index (κ2) is 4.80. The predicted octanol–water partition coefficient (Wildman–Crippen LogP) is 3.14. The Hall–Kier alpha value is -1.23. The van der Waals surface area contributed by atoms with Gasteiger partial charge in [0.1, 0.15) is 12.1 Å². The first kappa shape index (κ1) is 13.2. The van der Waals surface area contributed by atoms with Gasteiger partial charge in [-0.25, -0.2) is 14.4 Å². The molecule has 1 aromatic carbocycles. The van der Waals surface area contributed by atoms with Gasteiger partial charge < -0.3 is 5.73 Å². The number of rotatable bonds is 2. The quantitative estimate of drug-likeness (QED) is 0.863. The third-order valence-electron chi connectivity index (χ3n) is 2.73. The summed E-state index contributed by atoms with van der Waals surface area (Å²) < 4.78 is 13.5. The molecule has 0 saturated carbocycles. The molecule has 2 rings (SSSR count). The Balaban J connectivity index is 2.58. The molecule has 0 aliphatic carbocycles. The predicted molar refractivity (Wildman–Crippen MR) is 69.1 cm³/mol. The van der Waals surface area contributed by atoms with Crippen LogP contribution in [0.3, 0.4) is 0 Å². The van der Waals surface area contributed by atoms with E-state index in [1.807, 2.05) is 0 Å². The van der Waals surface area contributed by atoms with Crippen LogP contribution < -0.4 is 5.73 Å². The topological polar surface area (TPSA) is 51.8 Å². The monoisotopic (exact) mass is 285 g/mol. The van der Waals surface area contributed by atoms with E-state index in [1.54, 1.807) is 19.3 Å². The smallest absolute Gasteiger partial charge is 0.142 e. The number of halogens is 3. The number of aromatic nitrogens is 2. The molecule has 1 heterocycles. The SMILES string of the molecule is CC(N)(c1cncnc1)c1cc(F)c(Cl)cc1Cl. The molecule has 0 aliphatic heterocycles. The van der Waals surface area contributed by atoms with Crippen LogP contribution in [0.2, 0.25) is 10.0 Å². The summed E-state index contributed by atoms with van der Waals surface area (Å²) in [6.45, 7) is 1.71. The molecule has 0 spiro atoms. The minimum Gasteiger partial charge on any atom is -0.318 e. The molecule has 94 valence electrons. The zero-order chi connectivity index (χ0) is 13.3. The van der Waals surface area contributed by atoms with E-state index in [4.69, 9.17) is 28.9 Å². The second-order valence-electron chi connectivity index (χ2n) is 4.08. The molecule has 1 unspecified atom stereocenters. The molecule has 0 fully saturated rings. The number of hydrogen-bond donors (Lipinski definition) is 1. The summed E-state index contributed by atoms with van der Waals surface area (Å²) in [4.78, 5) is 7.78. The Bertz CT molecular complexity index is 573. The molecule has 2 N–H and O–H groups in total. The van der Waals surface area contributed by atoms with Crippen LogP contribution in [-0.2, 0) is 5.54 Å². The van der Waals surface area contributed by atoms with Gasteiger partial charge in [0.05, 0.1) is 10.6 Å². The van der Waals surface area contributed by atoms with Crippen molar-refractivity contribution in [2.24, 2.45) is 5.73 Å². The van der Waals surface area contributed by atoms with Crippen molar-refractivity contribution in [2.45, 2.75) is 12.5 Å². The summed E-state index contributed by atoms with van der Waals surface area (Å²) in [5.41, 5.74) is 6.27. The largest absolute Gasteiger partial charge is 0.318 e. The molecule has 0 radical (unpaired) electrons. The van der Waals surface area contributed by atoms with Crippen molar-refractivity contribution in [2.75, 3.05) is 0 Å². The summed E-state index contributed by atoms with van der Waals surface area (Å²) >= 11 is 11.7. The lowest BCUT2D eigenvalue weighted by molar-refractivity contribution is 0.578. The Labute approximate surface area is 114 Å². The number of nitrogens with two attached hydrogens (primary N) is 1. The Morgan fingerprint density at radius 3 is 2.39 bits per heavy atom. The van der Waals surface area contributed by atoms with Gasteiger partial charge in [-0.3, -0.25) is 0 Å². The van der Waals surface area contributed by atoms with Crippen molar-refractivity contribution in [1.29, 1.82) is 0 Å². The van der Waals surface area contributed by atoms with E-state index in [-0.39, 0.29) is 5.02 Å². The van der Waals surface area contributed by atoms with Crippen molar-refractivity contribution < 1.29 is 4.39 Å². The van der Waals surface area contributed by atoms with Gasteiger partial charge in [-0.1, -0.05) is 23.2 Å². The van der Waals surface area contributed by atoms with Gasteiger partial charge in [0, 0.05) is 23.0 Å². The highest BCUT2D eigenvalue weighted by Gasteiger charge is 2.28. The van der Waals surface area contributed by atoms with Crippen molar-refractivity contribution >= 4 is 23.2 Å². The molecular formula is C12H10Cl2FN3. The van der Waals surface area contributed by atoms with Gasteiger partial charge in [-0.15, -0.1) is 0 Å². The summed E-state index contributed by atoms with van der Waals surface area (Å²) in [7, 11) is 0. The van der Waals surface area contributed by atoms with Crippen LogP contribution in [0.25, 0.3) is 0 Å². The fraction of sp³-hybridized carbons (Fsp3) is 0.167. The van der Waals surface area contributed by atoms with E-state index in [2.05, 4.69) is 9.97 Å². The molecule has 0 amide bonds. The summed E-state index contributed by atoms with van der Waals surface area (Å²) in [5.74, 6) is -0.565. The van der Waals surface area contributed by atoms with E-state index in [1.165, 1.54) is 18.5 Å². The fourth-order valence-corrected chi connectivity index (χ4v) is 2.22. The first-order valence-corrected chi connectivity index (χ1v) is 5.88. The molecule has 0 aliphatic rings. The first-order chi connectivity index (χ1) is 8.43. The Morgan fingerprint density at radius 1 is 1.17 bits per heavy atom. The minimum absolute atomic E-state index is 0.0381. The zero-order valence-electron chi connectivity index (χ0n) is 9.49. The molecule has 18 heavy (non-hydrogen) atoms. The highest BCUT2D eigenvalue weighted by atomic mass is 35.5. The molecule has 0 saturated heterocycles. The van der Waals surface area contributed by atoms with Crippen LogP contribution in [0.15, 0.2) is 30.9 Å². The second-order valence-corrected chi connectivity index (χ2v) is 4.89. The summed E-state index contributed by atoms with van der Waals surface area (Å²) in [5, 5.41) is 0.263. The maximum atomic E-state index is 13.5. The highest BCUT2D eigenvalue weighted by Crippen LogP contribution is 2.34. The van der Waals surface area contributed by atoms with E-state index in [9.17, 15) is 4.39 Å². The molecule has 1 atom stereocenters. The maximum Gasteiger partial charge on any atom is 0.142 e. The highest BCUT2D eigenvalue weighted by molar-refractivity contribution is 6.35. The molecular weight excluding hydrogens is 276 g/mol. The van der Waals surface area contributed by atoms with E-state index >= 15 is 0 Å². The zero-order valence-corrected chi connectivity index (χ0v) is 11.0. The van der Waals surface area contributed by atoms with Crippen LogP contribution in [0.5, 0.6) is 0 Å². The van der Waals surface area contributed by atoms with Gasteiger partial charge in [-0.05, 0) is 24.6 Å². The van der Waals surface area contributed by atoms with E-state index < -0.39 is 11.4 Å². The van der Waals surface area contributed by atoms with E-state index in [0.717, 1.165) is 0 Å². The average Bonchev–Trinajstić information content (AvgIpc) is 2.34. The lowest BCUT2D eigenvalue weighted by Crippen LogP contribution is -2.35. The third-order valence-corrected chi connectivity index (χ3v) is 3.33. The lowest BCUT2D eigenvalue weighted by atomic mass is 9.87. The standard InChI is InChI=1S/C12H10Cl2FN3/c1-12(16,7-4-17-6-18-5-7)8-2-11(15)10(14)3-9(8)13/h2-6H,16H2,1H3. The third kappa shape index (κ3) is 2.32. The summed E-state index contributed by atoms with van der Waals surface area (Å²) in [6.07, 6.45) is 4.52. The van der Waals surface area contributed by atoms with Gasteiger partial charge in [0.2, 0.25) is 0 Å². The van der Waals surface area contributed by atoms with Crippen molar-refractivity contribution in [3.8, 4) is 0 Å². The molecule has 0 bridgehead atoms. The fourth-order valence-electron chi connectivity index (χ4n) is 1.64. The van der Waals surface area contributed by atoms with Crippen LogP contribution in [0.1, 0.15) is 18.1 Å². The lowest BCUT2D eigenvalue weighted by Gasteiger charge is -2.26. The molecule has 2 aromatic rings. The molecule has 3 nitrogen and oxygen atoms in total. The van der Waals surface area contributed by atoms with E-state index in [0.29, 0.717) is 16.1 Å². The normalized spacial score (nSPS) is 14.3. The summed E-state index contributed by atoms with van der Waals surface area (Å²) in [6, 6.07) is 2.57. The van der Waals surface area contributed by atoms with Crippen LogP contribution in [0.4, 0.5) is 4.39 Å². The number of nitrogens with zero attached hydrogens (tertiary/aromatic N) is 2. The molecule has 1 aromatic heterocycles. The van der Waals surface area contributed by atoms with Crippen LogP contribution in [0, 0.1) is 5.82 Å². The molecule has 6 heteroatoms. The number of benzene rings is 1. The minimum atomic E-state index is -0.996. The van der Waals surface area contributed by atoms with Crippen molar-refractivity contribution in [1.82, 2.24) is 9.97 Å². The number of hydrogen-bond acceptors (Lipinski definition) is 3. The van der Waals surface area contributed by atoms with Gasteiger partial charge in [0.25, 0.3) is 0 Å². The van der Waals surface area contributed by atoms with Gasteiger partial charge in [0.15, 0.2) is 0 Å². The maximum absolute atomic E-state index is 13.5. The average molecular weight is 286 g/mol. The van der Waals surface area contributed by atoms with Crippen LogP contribution >= 0.6 is 23.2 Å². The first-order valence-electron chi connectivity index (χ1n) is 5.12. The Kier molecular flexibility index (Phi) is 3.52. The van der Waals surface area contributed by atoms with Crippen LogP contribution in [-0.4, -0.2) is 9.97 Å². The van der Waals surface area contributed by atoms with Crippen molar-refractivity contribution in [3.05, 3.63) is 57.8 Å². The van der Waals surface area contributed by atoms with Crippen molar-refractivity contribution in [3.63, 3.8) is 0 Å². The van der Waals surface area contributed by atoms with Gasteiger partial charge in [-0.2, -0.15) is 0 Å². The Morgan fingerprint density at radius 2 is 1.78 bits per heavy atom.